The first-order chi connectivity index (χ1) is 14.9. The van der Waals surface area contributed by atoms with Crippen LogP contribution in [0, 0.1) is 6.92 Å². The van der Waals surface area contributed by atoms with Crippen LogP contribution in [0.25, 0.3) is 17.1 Å². The van der Waals surface area contributed by atoms with E-state index >= 15 is 0 Å². The number of carboxylic acids is 1. The number of hydrogen-bond donors (Lipinski definition) is 1. The lowest BCUT2D eigenvalue weighted by Gasteiger charge is -2.10. The van der Waals surface area contributed by atoms with Gasteiger partial charge < -0.3 is 14.4 Å². The number of ether oxygens (including phenoxy) is 1. The number of thioether (sulfide) groups is 1. The van der Waals surface area contributed by atoms with Crippen LogP contribution in [0.15, 0.2) is 47.4 Å². The van der Waals surface area contributed by atoms with Gasteiger partial charge in [0.25, 0.3) is 5.91 Å². The zero-order valence-corrected chi connectivity index (χ0v) is 18.5. The van der Waals surface area contributed by atoms with E-state index in [1.54, 1.807) is 13.2 Å². The molecule has 3 aromatic rings. The van der Waals surface area contributed by atoms with Crippen LogP contribution in [-0.4, -0.2) is 49.4 Å². The Morgan fingerprint density at radius 1 is 1.26 bits per heavy atom. The molecule has 1 N–H and O–H groups in total. The van der Waals surface area contributed by atoms with E-state index in [0.717, 1.165) is 33.3 Å². The largest absolute Gasteiger partial charge is 0.497 e. The Kier molecular flexibility index (Phi) is 5.79. The molecule has 1 amide bonds. The Bertz CT molecular complexity index is 1230. The molecule has 0 unspecified atom stereocenters. The monoisotopic (exact) mass is 453 g/mol. The molecule has 0 saturated carbocycles. The van der Waals surface area contributed by atoms with Gasteiger partial charge in [0, 0.05) is 18.7 Å². The summed E-state index contributed by atoms with van der Waals surface area (Å²) in [7, 11) is 1.61. The molecule has 7 nitrogen and oxygen atoms in total. The van der Waals surface area contributed by atoms with Gasteiger partial charge in [0.1, 0.15) is 22.4 Å². The van der Waals surface area contributed by atoms with E-state index < -0.39 is 18.4 Å². The lowest BCUT2D eigenvalue weighted by atomic mass is 10.1. The van der Waals surface area contributed by atoms with Gasteiger partial charge in [-0.05, 0) is 24.6 Å². The quantitative estimate of drug-likeness (QED) is 0.450. The lowest BCUT2D eigenvalue weighted by Crippen LogP contribution is -2.33. The highest BCUT2D eigenvalue weighted by Gasteiger charge is 2.33. The maximum absolute atomic E-state index is 12.7. The van der Waals surface area contributed by atoms with Gasteiger partial charge in [-0.25, -0.2) is 4.98 Å². The van der Waals surface area contributed by atoms with Gasteiger partial charge in [0.05, 0.1) is 23.0 Å². The van der Waals surface area contributed by atoms with Crippen molar-refractivity contribution in [2.45, 2.75) is 13.5 Å². The predicted octanol–water partition coefficient (Wildman–Crippen LogP) is 3.69. The van der Waals surface area contributed by atoms with Crippen LogP contribution in [0.4, 0.5) is 0 Å². The normalized spacial score (nSPS) is 15.3. The number of imidazole rings is 1. The third kappa shape index (κ3) is 4.33. The molecule has 1 aliphatic rings. The average Bonchev–Trinajstić information content (AvgIpc) is 3.20. The number of aryl methyl sites for hydroxylation is 1. The molecular weight excluding hydrogens is 434 g/mol. The Morgan fingerprint density at radius 3 is 2.68 bits per heavy atom. The molecule has 0 spiro atoms. The van der Waals surface area contributed by atoms with Crippen LogP contribution in [0.1, 0.15) is 17.0 Å². The van der Waals surface area contributed by atoms with Crippen molar-refractivity contribution in [3.05, 3.63) is 64.3 Å². The number of fused-ring (bicyclic) bond motifs is 1. The summed E-state index contributed by atoms with van der Waals surface area (Å²) in [5.41, 5.74) is 3.89. The third-order valence-corrected chi connectivity index (χ3v) is 6.25. The molecule has 2 aromatic carbocycles. The van der Waals surface area contributed by atoms with Crippen molar-refractivity contribution >= 4 is 57.3 Å². The summed E-state index contributed by atoms with van der Waals surface area (Å²) in [6.07, 6.45) is 1.67. The Morgan fingerprint density at radius 2 is 2.00 bits per heavy atom. The van der Waals surface area contributed by atoms with Gasteiger partial charge in [-0.15, -0.1) is 0 Å². The predicted molar refractivity (Wildman–Crippen MR) is 124 cm³/mol. The van der Waals surface area contributed by atoms with E-state index in [0.29, 0.717) is 23.0 Å². The van der Waals surface area contributed by atoms with Gasteiger partial charge in [-0.2, -0.15) is 0 Å². The van der Waals surface area contributed by atoms with E-state index in [4.69, 9.17) is 27.0 Å². The zero-order valence-electron chi connectivity index (χ0n) is 16.9. The number of amides is 1. The molecule has 9 heteroatoms. The number of thiocarbonyl (C=S) groups is 1. The SMILES string of the molecule is COc1ccc2nc(/C=C3\SC(=S)N(CC(=O)O)C3=O)n(Cc3ccc(C)cc3)c2c1. The van der Waals surface area contributed by atoms with Gasteiger partial charge in [-0.3, -0.25) is 14.5 Å². The fourth-order valence-corrected chi connectivity index (χ4v) is 4.51. The molecule has 1 aliphatic heterocycles. The molecule has 31 heavy (non-hydrogen) atoms. The maximum atomic E-state index is 12.7. The van der Waals surface area contributed by atoms with Crippen LogP contribution >= 0.6 is 24.0 Å². The number of rotatable bonds is 6. The summed E-state index contributed by atoms with van der Waals surface area (Å²) in [6.45, 7) is 2.12. The smallest absolute Gasteiger partial charge is 0.323 e. The minimum Gasteiger partial charge on any atom is -0.497 e. The second-order valence-electron chi connectivity index (χ2n) is 7.06. The van der Waals surface area contributed by atoms with Crippen molar-refractivity contribution in [2.24, 2.45) is 0 Å². The first-order valence-corrected chi connectivity index (χ1v) is 10.6. The van der Waals surface area contributed by atoms with Gasteiger partial charge in [0.2, 0.25) is 0 Å². The zero-order chi connectivity index (χ0) is 22.1. The number of hydrogen-bond acceptors (Lipinski definition) is 6. The molecule has 1 aromatic heterocycles. The van der Waals surface area contributed by atoms with Crippen molar-refractivity contribution in [2.75, 3.05) is 13.7 Å². The van der Waals surface area contributed by atoms with Crippen LogP contribution in [0.5, 0.6) is 5.75 Å². The second kappa shape index (κ2) is 8.52. The minimum atomic E-state index is -1.11. The van der Waals surface area contributed by atoms with Crippen molar-refractivity contribution in [3.63, 3.8) is 0 Å². The summed E-state index contributed by atoms with van der Waals surface area (Å²) < 4.78 is 7.60. The molecule has 0 atom stereocenters. The Hall–Kier alpha value is -3.17. The number of carboxylic acid groups (broad SMARTS) is 1. The minimum absolute atomic E-state index is 0.224. The number of nitrogens with zero attached hydrogens (tertiary/aromatic N) is 3. The summed E-state index contributed by atoms with van der Waals surface area (Å²) in [6, 6.07) is 13.8. The topological polar surface area (TPSA) is 84.7 Å². The van der Waals surface area contributed by atoms with E-state index in [9.17, 15) is 9.59 Å². The number of aromatic nitrogens is 2. The Balaban J connectivity index is 1.79. The molecular formula is C22H19N3O4S2. The molecule has 4 rings (SSSR count). The molecule has 1 saturated heterocycles. The van der Waals surface area contributed by atoms with E-state index in [2.05, 4.69) is 12.1 Å². The summed E-state index contributed by atoms with van der Waals surface area (Å²) in [5, 5.41) is 9.05. The molecule has 1 fully saturated rings. The van der Waals surface area contributed by atoms with E-state index in [-0.39, 0.29) is 4.32 Å². The number of benzene rings is 2. The second-order valence-corrected chi connectivity index (χ2v) is 8.73. The molecule has 0 aliphatic carbocycles. The fraction of sp³-hybridized carbons (Fsp3) is 0.182. The van der Waals surface area contributed by atoms with E-state index in [1.807, 2.05) is 41.8 Å². The number of aliphatic carboxylic acids is 1. The number of carbonyl (C=O) groups is 2. The van der Waals surface area contributed by atoms with Crippen LogP contribution in [0.2, 0.25) is 0 Å². The van der Waals surface area contributed by atoms with Crippen LogP contribution in [0.3, 0.4) is 0 Å². The highest BCUT2D eigenvalue weighted by Crippen LogP contribution is 2.33. The van der Waals surface area contributed by atoms with Crippen molar-refractivity contribution < 1.29 is 19.4 Å². The summed E-state index contributed by atoms with van der Waals surface area (Å²) in [5.74, 6) is -0.253. The van der Waals surface area contributed by atoms with Gasteiger partial charge in [-0.1, -0.05) is 53.8 Å². The van der Waals surface area contributed by atoms with Crippen molar-refractivity contribution in [3.8, 4) is 5.75 Å². The third-order valence-electron chi connectivity index (χ3n) is 4.87. The fourth-order valence-electron chi connectivity index (χ4n) is 3.29. The molecule has 0 bridgehead atoms. The summed E-state index contributed by atoms with van der Waals surface area (Å²) in [4.78, 5) is 29.9. The standard InChI is InChI=1S/C22H19N3O4S2/c1-13-3-5-14(6-4-13)11-24-17-9-15(29-2)7-8-16(17)23-19(24)10-18-21(28)25(12-20(26)27)22(30)31-18/h3-10H,11-12H2,1-2H3,(H,26,27)/b18-10-. The first kappa shape index (κ1) is 21.1. The Labute approximate surface area is 188 Å². The van der Waals surface area contributed by atoms with Gasteiger partial charge in [0.15, 0.2) is 0 Å². The van der Waals surface area contributed by atoms with Crippen molar-refractivity contribution in [1.82, 2.24) is 14.5 Å². The van der Waals surface area contributed by atoms with Crippen LogP contribution < -0.4 is 4.74 Å². The number of methoxy groups -OCH3 is 1. The number of carbonyl (C=O) groups excluding carboxylic acids is 1. The van der Waals surface area contributed by atoms with E-state index in [1.165, 1.54) is 5.56 Å². The maximum Gasteiger partial charge on any atom is 0.323 e. The highest BCUT2D eigenvalue weighted by atomic mass is 32.2. The van der Waals surface area contributed by atoms with Crippen LogP contribution in [-0.2, 0) is 16.1 Å². The van der Waals surface area contributed by atoms with Crippen molar-refractivity contribution in [1.29, 1.82) is 0 Å². The van der Waals surface area contributed by atoms with Gasteiger partial charge >= 0.3 is 5.97 Å². The molecule has 158 valence electrons. The molecule has 0 radical (unpaired) electrons. The molecule has 2 heterocycles. The first-order valence-electron chi connectivity index (χ1n) is 9.42. The lowest BCUT2D eigenvalue weighted by molar-refractivity contribution is -0.140. The highest BCUT2D eigenvalue weighted by molar-refractivity contribution is 8.26. The average molecular weight is 454 g/mol. The summed E-state index contributed by atoms with van der Waals surface area (Å²) >= 11 is 6.28.